The number of nitrogens with one attached hydrogen (secondary N) is 1. The normalized spacial score (nSPS) is 12.6. The zero-order valence-corrected chi connectivity index (χ0v) is 26.1. The maximum absolute atomic E-state index is 14.0. The van der Waals surface area contributed by atoms with Crippen molar-refractivity contribution in [2.45, 2.75) is 32.7 Å². The van der Waals surface area contributed by atoms with Crippen LogP contribution in [0.2, 0.25) is 5.02 Å². The number of aryl methyl sites for hydroxylation is 1. The van der Waals surface area contributed by atoms with E-state index in [0.717, 1.165) is 40.4 Å². The van der Waals surface area contributed by atoms with Crippen LogP contribution < -0.4 is 10.1 Å². The summed E-state index contributed by atoms with van der Waals surface area (Å²) in [5.74, 6) is 1.00. The number of halogens is 2. The molecule has 4 aromatic rings. The summed E-state index contributed by atoms with van der Waals surface area (Å²) in [5.41, 5.74) is 6.93. The van der Waals surface area contributed by atoms with Gasteiger partial charge in [-0.1, -0.05) is 36.4 Å². The van der Waals surface area contributed by atoms with E-state index >= 15 is 0 Å². The number of fused-ring (bicyclic) bond motifs is 1. The number of nitrogens with zero attached hydrogens (tertiary/aromatic N) is 4. The number of carbonyl (C=O) groups excluding carboxylic acids is 2. The van der Waals surface area contributed by atoms with Gasteiger partial charge in [-0.2, -0.15) is 5.10 Å². The number of hydrogen-bond acceptors (Lipinski definition) is 4. The summed E-state index contributed by atoms with van der Waals surface area (Å²) >= 11 is 12.4. The van der Waals surface area contributed by atoms with Gasteiger partial charge in [-0.05, 0) is 62.1 Å². The Hall–Kier alpha value is -4.01. The van der Waals surface area contributed by atoms with Gasteiger partial charge in [-0.3, -0.25) is 14.3 Å². The molecule has 0 spiro atoms. The van der Waals surface area contributed by atoms with Gasteiger partial charge in [0.15, 0.2) is 0 Å². The molecular formula is C33H35Cl2N5O3. The Morgan fingerprint density at radius 2 is 1.98 bits per heavy atom. The molecule has 0 unspecified atom stereocenters. The lowest BCUT2D eigenvalue weighted by Crippen LogP contribution is -2.36. The smallest absolute Gasteiger partial charge is 0.257 e. The molecule has 0 fully saturated rings. The molecule has 5 rings (SSSR count). The number of hydrogen-bond donors (Lipinski definition) is 1. The SMILES string of the molecule is C=CCOc1cccc2c1CCN(C(=O)c1ccc(Cl)cc1-c1cc(C(=O)Nc3cnn(C)c3CCCCl)c(C)n1C)C2. The van der Waals surface area contributed by atoms with E-state index in [-0.39, 0.29) is 11.8 Å². The lowest BCUT2D eigenvalue weighted by atomic mass is 9.96. The molecule has 1 N–H and O–H groups in total. The van der Waals surface area contributed by atoms with E-state index in [1.807, 2.05) is 54.8 Å². The molecule has 0 bridgehead atoms. The predicted molar refractivity (Wildman–Crippen MR) is 171 cm³/mol. The van der Waals surface area contributed by atoms with Crippen molar-refractivity contribution in [2.24, 2.45) is 14.1 Å². The minimum Gasteiger partial charge on any atom is -0.489 e. The number of amides is 2. The minimum atomic E-state index is -0.253. The molecule has 1 aliphatic rings. The van der Waals surface area contributed by atoms with Crippen molar-refractivity contribution >= 4 is 40.7 Å². The molecule has 10 heteroatoms. The van der Waals surface area contributed by atoms with Crippen molar-refractivity contribution in [3.63, 3.8) is 0 Å². The minimum absolute atomic E-state index is 0.0983. The van der Waals surface area contributed by atoms with Gasteiger partial charge in [0.25, 0.3) is 11.8 Å². The van der Waals surface area contributed by atoms with Crippen LogP contribution in [0.25, 0.3) is 11.3 Å². The predicted octanol–water partition coefficient (Wildman–Crippen LogP) is 6.57. The summed E-state index contributed by atoms with van der Waals surface area (Å²) in [6.07, 6.45) is 5.54. The molecular weight excluding hydrogens is 585 g/mol. The maximum atomic E-state index is 14.0. The second kappa shape index (κ2) is 13.1. The standard InChI is InChI=1S/C33H35Cl2N5O3/c1-5-16-43-31-10-6-8-22-20-40(15-13-24(22)31)33(42)25-12-11-23(35)17-27(25)30-18-26(21(2)38(30)3)32(41)37-28-19-36-39(4)29(28)9-7-14-34/h5-6,8,10-12,17-19H,1,7,9,13-16,20H2,2-4H3,(H,37,41). The number of carbonyl (C=O) groups is 2. The number of benzene rings is 2. The van der Waals surface area contributed by atoms with Crippen LogP contribution in [0.1, 0.15) is 49.7 Å². The molecule has 8 nitrogen and oxygen atoms in total. The molecule has 224 valence electrons. The van der Waals surface area contributed by atoms with Crippen molar-refractivity contribution in [3.05, 3.63) is 100.0 Å². The molecule has 2 amide bonds. The van der Waals surface area contributed by atoms with E-state index in [2.05, 4.69) is 17.0 Å². The van der Waals surface area contributed by atoms with Crippen molar-refractivity contribution < 1.29 is 14.3 Å². The van der Waals surface area contributed by atoms with Crippen molar-refractivity contribution in [2.75, 3.05) is 24.3 Å². The van der Waals surface area contributed by atoms with Gasteiger partial charge in [-0.25, -0.2) is 0 Å². The fourth-order valence-corrected chi connectivity index (χ4v) is 5.90. The highest BCUT2D eigenvalue weighted by Gasteiger charge is 2.27. The second-order valence-electron chi connectivity index (χ2n) is 10.6. The third-order valence-corrected chi connectivity index (χ3v) is 8.49. The van der Waals surface area contributed by atoms with Crippen LogP contribution in [0.3, 0.4) is 0 Å². The highest BCUT2D eigenvalue weighted by molar-refractivity contribution is 6.31. The number of ether oxygens (including phenoxy) is 1. The lowest BCUT2D eigenvalue weighted by Gasteiger charge is -2.30. The highest BCUT2D eigenvalue weighted by Crippen LogP contribution is 2.34. The second-order valence-corrected chi connectivity index (χ2v) is 11.4. The Morgan fingerprint density at radius 1 is 1.16 bits per heavy atom. The summed E-state index contributed by atoms with van der Waals surface area (Å²) in [4.78, 5) is 29.4. The van der Waals surface area contributed by atoms with E-state index in [0.29, 0.717) is 65.8 Å². The number of rotatable bonds is 10. The molecule has 3 heterocycles. The number of alkyl halides is 1. The molecule has 43 heavy (non-hydrogen) atoms. The number of aromatic nitrogens is 3. The maximum Gasteiger partial charge on any atom is 0.257 e. The quantitative estimate of drug-likeness (QED) is 0.161. The fraction of sp³-hybridized carbons (Fsp3) is 0.303. The summed E-state index contributed by atoms with van der Waals surface area (Å²) < 4.78 is 9.52. The zero-order chi connectivity index (χ0) is 30.7. The Bertz CT molecular complexity index is 1690. The lowest BCUT2D eigenvalue weighted by molar-refractivity contribution is 0.0734. The first-order valence-corrected chi connectivity index (χ1v) is 15.1. The summed E-state index contributed by atoms with van der Waals surface area (Å²) in [6, 6.07) is 13.0. The van der Waals surface area contributed by atoms with Crippen LogP contribution in [0, 0.1) is 6.92 Å². The largest absolute Gasteiger partial charge is 0.489 e. The first-order valence-electron chi connectivity index (χ1n) is 14.2. The van der Waals surface area contributed by atoms with Crippen molar-refractivity contribution in [1.29, 1.82) is 0 Å². The molecule has 0 saturated carbocycles. The summed E-state index contributed by atoms with van der Waals surface area (Å²) in [6.45, 7) is 7.07. The third-order valence-electron chi connectivity index (χ3n) is 7.99. The van der Waals surface area contributed by atoms with Crippen LogP contribution >= 0.6 is 23.2 Å². The summed E-state index contributed by atoms with van der Waals surface area (Å²) in [5, 5.41) is 7.84. The van der Waals surface area contributed by atoms with Crippen LogP contribution in [-0.2, 0) is 33.5 Å². The average Bonchev–Trinajstić information content (AvgIpc) is 3.51. The molecule has 2 aromatic heterocycles. The first kappa shape index (κ1) is 30.4. The molecule has 0 saturated heterocycles. The van der Waals surface area contributed by atoms with E-state index < -0.39 is 0 Å². The highest BCUT2D eigenvalue weighted by atomic mass is 35.5. The average molecular weight is 621 g/mol. The van der Waals surface area contributed by atoms with Gasteiger partial charge in [0, 0.05) is 66.2 Å². The van der Waals surface area contributed by atoms with Crippen LogP contribution in [0.5, 0.6) is 5.75 Å². The molecule has 1 aliphatic heterocycles. The molecule has 2 aromatic carbocycles. The summed E-state index contributed by atoms with van der Waals surface area (Å²) in [7, 11) is 3.73. The van der Waals surface area contributed by atoms with Gasteiger partial charge >= 0.3 is 0 Å². The third kappa shape index (κ3) is 6.21. The zero-order valence-electron chi connectivity index (χ0n) is 24.6. The van der Waals surface area contributed by atoms with E-state index in [1.54, 1.807) is 35.2 Å². The van der Waals surface area contributed by atoms with Crippen molar-refractivity contribution in [1.82, 2.24) is 19.2 Å². The van der Waals surface area contributed by atoms with E-state index in [1.165, 1.54) is 0 Å². The first-order chi connectivity index (χ1) is 20.7. The Morgan fingerprint density at radius 3 is 2.74 bits per heavy atom. The van der Waals surface area contributed by atoms with Crippen LogP contribution in [0.4, 0.5) is 5.69 Å². The van der Waals surface area contributed by atoms with E-state index in [4.69, 9.17) is 27.9 Å². The molecule has 0 radical (unpaired) electrons. The van der Waals surface area contributed by atoms with Crippen LogP contribution in [-0.4, -0.2) is 50.1 Å². The monoisotopic (exact) mass is 619 g/mol. The fourth-order valence-electron chi connectivity index (χ4n) is 5.59. The van der Waals surface area contributed by atoms with Gasteiger partial charge in [-0.15, -0.1) is 11.6 Å². The Kier molecular flexibility index (Phi) is 9.28. The van der Waals surface area contributed by atoms with Gasteiger partial charge < -0.3 is 19.5 Å². The molecule has 0 aliphatic carbocycles. The van der Waals surface area contributed by atoms with Crippen LogP contribution in [0.15, 0.2) is 61.3 Å². The van der Waals surface area contributed by atoms with E-state index in [9.17, 15) is 9.59 Å². The van der Waals surface area contributed by atoms with Gasteiger partial charge in [0.05, 0.1) is 23.1 Å². The Balaban J connectivity index is 1.43. The topological polar surface area (TPSA) is 81.4 Å². The van der Waals surface area contributed by atoms with Gasteiger partial charge in [0.1, 0.15) is 12.4 Å². The molecule has 0 atom stereocenters. The van der Waals surface area contributed by atoms with Crippen molar-refractivity contribution in [3.8, 4) is 17.0 Å². The van der Waals surface area contributed by atoms with Gasteiger partial charge in [0.2, 0.25) is 0 Å². The Labute approximate surface area is 261 Å². The number of anilines is 1.